The molecule has 0 aromatic heterocycles. The first kappa shape index (κ1) is 16.6. The van der Waals surface area contributed by atoms with Crippen LogP contribution in [0, 0.1) is 11.3 Å². The van der Waals surface area contributed by atoms with Gasteiger partial charge in [-0.15, -0.1) is 0 Å². The van der Waals surface area contributed by atoms with E-state index in [9.17, 15) is 0 Å². The van der Waals surface area contributed by atoms with Crippen LogP contribution in [0.5, 0.6) is 0 Å². The van der Waals surface area contributed by atoms with E-state index in [1.165, 1.54) is 32.4 Å². The van der Waals surface area contributed by atoms with E-state index in [0.717, 1.165) is 29.7 Å². The van der Waals surface area contributed by atoms with Gasteiger partial charge in [0.1, 0.15) is 0 Å². The largest absolute Gasteiger partial charge is 0.383 e. The minimum Gasteiger partial charge on any atom is -0.383 e. The van der Waals surface area contributed by atoms with Gasteiger partial charge < -0.3 is 10.2 Å². The van der Waals surface area contributed by atoms with Crippen molar-refractivity contribution in [2.45, 2.75) is 40.0 Å². The third-order valence-corrected chi connectivity index (χ3v) is 4.99. The highest BCUT2D eigenvalue weighted by molar-refractivity contribution is 6.33. The Kier molecular flexibility index (Phi) is 5.95. The summed E-state index contributed by atoms with van der Waals surface area (Å²) >= 11 is 6.17. The number of para-hydroxylation sites is 1. The molecular weight excluding hydrogens is 280 g/mol. The van der Waals surface area contributed by atoms with E-state index in [0.29, 0.717) is 5.41 Å². The number of anilines is 1. The molecule has 1 aliphatic heterocycles. The summed E-state index contributed by atoms with van der Waals surface area (Å²) in [4.78, 5) is 2.59. The molecule has 2 nitrogen and oxygen atoms in total. The minimum atomic E-state index is 0.450. The molecule has 0 aliphatic carbocycles. The molecular formula is C18H29ClN2. The van der Waals surface area contributed by atoms with Crippen molar-refractivity contribution in [1.82, 2.24) is 4.90 Å². The summed E-state index contributed by atoms with van der Waals surface area (Å²) in [7, 11) is 0. The monoisotopic (exact) mass is 308 g/mol. The normalized spacial score (nSPS) is 21.0. The highest BCUT2D eigenvalue weighted by Crippen LogP contribution is 2.34. The first-order chi connectivity index (χ1) is 9.97. The summed E-state index contributed by atoms with van der Waals surface area (Å²) in [5, 5.41) is 4.26. The molecule has 1 aliphatic rings. The van der Waals surface area contributed by atoms with Crippen molar-refractivity contribution in [2.24, 2.45) is 11.3 Å². The smallest absolute Gasteiger partial charge is 0.0637 e. The van der Waals surface area contributed by atoms with Crippen molar-refractivity contribution in [1.29, 1.82) is 0 Å². The van der Waals surface area contributed by atoms with E-state index >= 15 is 0 Å². The zero-order valence-electron chi connectivity index (χ0n) is 13.7. The van der Waals surface area contributed by atoms with Crippen molar-refractivity contribution in [2.75, 3.05) is 31.5 Å². The first-order valence-electron chi connectivity index (χ1n) is 8.17. The molecule has 0 amide bonds. The van der Waals surface area contributed by atoms with E-state index in [1.807, 2.05) is 24.3 Å². The van der Waals surface area contributed by atoms with Crippen LogP contribution >= 0.6 is 11.6 Å². The van der Waals surface area contributed by atoms with Gasteiger partial charge in [0.2, 0.25) is 0 Å². The highest BCUT2D eigenvalue weighted by Gasteiger charge is 2.26. The number of nitrogens with zero attached hydrogens (tertiary/aromatic N) is 1. The lowest BCUT2D eigenvalue weighted by Gasteiger charge is -2.29. The van der Waals surface area contributed by atoms with Crippen LogP contribution in [-0.2, 0) is 0 Å². The van der Waals surface area contributed by atoms with Crippen LogP contribution in [0.25, 0.3) is 0 Å². The second kappa shape index (κ2) is 7.51. The second-order valence-corrected chi connectivity index (χ2v) is 7.65. The average Bonchev–Trinajstić information content (AvgIpc) is 2.66. The predicted octanol–water partition coefficient (Wildman–Crippen LogP) is 4.90. The third-order valence-electron chi connectivity index (χ3n) is 4.66. The van der Waals surface area contributed by atoms with Crippen LogP contribution in [0.4, 0.5) is 5.69 Å². The van der Waals surface area contributed by atoms with E-state index in [-0.39, 0.29) is 0 Å². The Morgan fingerprint density at radius 3 is 2.67 bits per heavy atom. The average molecular weight is 309 g/mol. The number of hydrogen-bond acceptors (Lipinski definition) is 2. The van der Waals surface area contributed by atoms with Crippen molar-refractivity contribution in [3.8, 4) is 0 Å². The molecule has 21 heavy (non-hydrogen) atoms. The molecule has 3 heteroatoms. The van der Waals surface area contributed by atoms with Crippen LogP contribution in [0.1, 0.15) is 40.0 Å². The number of nitrogens with one attached hydrogen (secondary N) is 1. The number of hydrogen-bond donors (Lipinski definition) is 1. The standard InChI is InChI=1S/C18H29ClN2/c1-18(2,3)15-7-6-12-21(13-10-15)14-11-20-17-9-5-4-8-16(17)19/h4-5,8-9,15,20H,6-7,10-14H2,1-3H3. The van der Waals surface area contributed by atoms with Crippen LogP contribution in [0.3, 0.4) is 0 Å². The maximum absolute atomic E-state index is 6.17. The van der Waals surface area contributed by atoms with Gasteiger partial charge in [0, 0.05) is 13.1 Å². The Labute approximate surface area is 134 Å². The SMILES string of the molecule is CC(C)(C)C1CCCN(CCNc2ccccc2Cl)CC1. The lowest BCUT2D eigenvalue weighted by molar-refractivity contribution is 0.209. The topological polar surface area (TPSA) is 15.3 Å². The van der Waals surface area contributed by atoms with Crippen LogP contribution in [-0.4, -0.2) is 31.1 Å². The summed E-state index contributed by atoms with van der Waals surface area (Å²) in [6.07, 6.45) is 4.03. The first-order valence-corrected chi connectivity index (χ1v) is 8.55. The molecule has 0 spiro atoms. The molecule has 1 heterocycles. The van der Waals surface area contributed by atoms with Crippen LogP contribution in [0.15, 0.2) is 24.3 Å². The second-order valence-electron chi connectivity index (χ2n) is 7.24. The Morgan fingerprint density at radius 1 is 1.19 bits per heavy atom. The van der Waals surface area contributed by atoms with Gasteiger partial charge in [0.25, 0.3) is 0 Å². The maximum atomic E-state index is 6.17. The van der Waals surface area contributed by atoms with Crippen LogP contribution < -0.4 is 5.32 Å². The molecule has 1 fully saturated rings. The highest BCUT2D eigenvalue weighted by atomic mass is 35.5. The molecule has 1 N–H and O–H groups in total. The lowest BCUT2D eigenvalue weighted by Crippen LogP contribution is -2.30. The number of rotatable bonds is 4. The minimum absolute atomic E-state index is 0.450. The Bertz CT molecular complexity index is 439. The molecule has 0 saturated carbocycles. The van der Waals surface area contributed by atoms with Gasteiger partial charge in [-0.1, -0.05) is 44.5 Å². The zero-order valence-corrected chi connectivity index (χ0v) is 14.4. The molecule has 118 valence electrons. The van der Waals surface area contributed by atoms with E-state index in [4.69, 9.17) is 11.6 Å². The predicted molar refractivity (Wildman–Crippen MR) is 93.2 cm³/mol. The summed E-state index contributed by atoms with van der Waals surface area (Å²) in [5.74, 6) is 0.860. The van der Waals surface area contributed by atoms with Gasteiger partial charge in [-0.3, -0.25) is 0 Å². The van der Waals surface area contributed by atoms with Crippen molar-refractivity contribution in [3.05, 3.63) is 29.3 Å². The molecule has 2 rings (SSSR count). The molecule has 1 aromatic carbocycles. The number of likely N-dealkylation sites (tertiary alicyclic amines) is 1. The molecule has 1 unspecified atom stereocenters. The Hall–Kier alpha value is -0.730. The van der Waals surface area contributed by atoms with Gasteiger partial charge in [0.15, 0.2) is 0 Å². The molecule has 1 aromatic rings. The van der Waals surface area contributed by atoms with Gasteiger partial charge in [-0.25, -0.2) is 0 Å². The Balaban J connectivity index is 1.76. The molecule has 1 atom stereocenters. The fourth-order valence-electron chi connectivity index (χ4n) is 3.20. The van der Waals surface area contributed by atoms with E-state index < -0.39 is 0 Å². The van der Waals surface area contributed by atoms with Gasteiger partial charge in [0.05, 0.1) is 10.7 Å². The summed E-state index contributed by atoms with van der Waals surface area (Å²) in [6, 6.07) is 7.97. The zero-order chi connectivity index (χ0) is 15.3. The quantitative estimate of drug-likeness (QED) is 0.851. The fraction of sp³-hybridized carbons (Fsp3) is 0.667. The lowest BCUT2D eigenvalue weighted by atomic mass is 9.77. The maximum Gasteiger partial charge on any atom is 0.0637 e. The van der Waals surface area contributed by atoms with Crippen molar-refractivity contribution >= 4 is 17.3 Å². The van der Waals surface area contributed by atoms with Crippen molar-refractivity contribution < 1.29 is 0 Å². The van der Waals surface area contributed by atoms with Gasteiger partial charge in [-0.05, 0) is 55.8 Å². The van der Waals surface area contributed by atoms with Gasteiger partial charge >= 0.3 is 0 Å². The summed E-state index contributed by atoms with van der Waals surface area (Å²) in [6.45, 7) is 11.7. The Morgan fingerprint density at radius 2 is 1.95 bits per heavy atom. The van der Waals surface area contributed by atoms with E-state index in [1.54, 1.807) is 0 Å². The number of halogens is 1. The molecule has 0 radical (unpaired) electrons. The van der Waals surface area contributed by atoms with Crippen molar-refractivity contribution in [3.63, 3.8) is 0 Å². The summed E-state index contributed by atoms with van der Waals surface area (Å²) in [5.41, 5.74) is 1.49. The van der Waals surface area contributed by atoms with Crippen LogP contribution in [0.2, 0.25) is 5.02 Å². The molecule has 0 bridgehead atoms. The van der Waals surface area contributed by atoms with Gasteiger partial charge in [-0.2, -0.15) is 0 Å². The fourth-order valence-corrected chi connectivity index (χ4v) is 3.40. The number of benzene rings is 1. The third kappa shape index (κ3) is 5.19. The van der Waals surface area contributed by atoms with E-state index in [2.05, 4.69) is 31.0 Å². The molecule has 1 saturated heterocycles. The summed E-state index contributed by atoms with van der Waals surface area (Å²) < 4.78 is 0.